The molecule has 0 unspecified atom stereocenters. The van der Waals surface area contributed by atoms with Gasteiger partial charge in [0.05, 0.1) is 10.6 Å². The number of hydrogen-bond acceptors (Lipinski definition) is 4. The van der Waals surface area contributed by atoms with Crippen molar-refractivity contribution in [3.8, 4) is 10.6 Å². The van der Waals surface area contributed by atoms with E-state index < -0.39 is 0 Å². The molecule has 1 N–H and O–H groups in total. The van der Waals surface area contributed by atoms with Crippen molar-refractivity contribution in [2.45, 2.75) is 39.2 Å². The summed E-state index contributed by atoms with van der Waals surface area (Å²) < 4.78 is 2.20. The second-order valence-electron chi connectivity index (χ2n) is 6.72. The van der Waals surface area contributed by atoms with Crippen LogP contribution in [0, 0.1) is 6.92 Å². The first-order chi connectivity index (χ1) is 12.7. The highest BCUT2D eigenvalue weighted by Crippen LogP contribution is 2.29. The second kappa shape index (κ2) is 7.07. The summed E-state index contributed by atoms with van der Waals surface area (Å²) in [6, 6.07) is 6.00. The van der Waals surface area contributed by atoms with Crippen LogP contribution in [-0.2, 0) is 6.54 Å². The van der Waals surface area contributed by atoms with Gasteiger partial charge in [0, 0.05) is 42.8 Å². The Morgan fingerprint density at radius 3 is 2.85 bits per heavy atom. The van der Waals surface area contributed by atoms with E-state index in [1.807, 2.05) is 23.4 Å². The highest BCUT2D eigenvalue weighted by Gasteiger charge is 2.28. The van der Waals surface area contributed by atoms with Crippen molar-refractivity contribution in [1.82, 2.24) is 24.6 Å². The number of carbonyl (C=O) groups is 1. The van der Waals surface area contributed by atoms with E-state index in [1.54, 1.807) is 11.3 Å². The van der Waals surface area contributed by atoms with Gasteiger partial charge in [0.25, 0.3) is 5.91 Å². The van der Waals surface area contributed by atoms with Crippen LogP contribution in [0.5, 0.6) is 0 Å². The fourth-order valence-corrected chi connectivity index (χ4v) is 4.42. The summed E-state index contributed by atoms with van der Waals surface area (Å²) in [4.78, 5) is 21.6. The summed E-state index contributed by atoms with van der Waals surface area (Å²) in [7, 11) is 0. The number of hydrogen-bond donors (Lipinski definition) is 1. The minimum atomic E-state index is 0.0121. The molecular weight excluding hydrogens is 346 g/mol. The van der Waals surface area contributed by atoms with Gasteiger partial charge in [-0.25, -0.2) is 4.98 Å². The maximum Gasteiger partial charge on any atom is 0.274 e. The van der Waals surface area contributed by atoms with E-state index in [0.29, 0.717) is 11.6 Å². The van der Waals surface area contributed by atoms with Crippen molar-refractivity contribution in [1.29, 1.82) is 0 Å². The van der Waals surface area contributed by atoms with Gasteiger partial charge in [0.15, 0.2) is 5.69 Å². The molecule has 1 fully saturated rings. The molecule has 0 atom stereocenters. The van der Waals surface area contributed by atoms with Gasteiger partial charge in [0.2, 0.25) is 0 Å². The number of thiophene rings is 1. The van der Waals surface area contributed by atoms with Crippen molar-refractivity contribution in [2.24, 2.45) is 0 Å². The first kappa shape index (κ1) is 17.0. The molecule has 0 aliphatic carbocycles. The van der Waals surface area contributed by atoms with E-state index >= 15 is 0 Å². The van der Waals surface area contributed by atoms with E-state index in [4.69, 9.17) is 0 Å². The fourth-order valence-electron chi connectivity index (χ4n) is 3.59. The third kappa shape index (κ3) is 3.19. The molecule has 0 radical (unpaired) electrons. The number of aromatic amines is 1. The van der Waals surface area contributed by atoms with Gasteiger partial charge in [-0.05, 0) is 44.9 Å². The largest absolute Gasteiger partial charge is 0.337 e. The molecule has 0 spiro atoms. The van der Waals surface area contributed by atoms with Crippen molar-refractivity contribution in [3.63, 3.8) is 0 Å². The number of aromatic nitrogens is 4. The third-order valence-corrected chi connectivity index (χ3v) is 6.07. The molecule has 3 aromatic rings. The van der Waals surface area contributed by atoms with Gasteiger partial charge in [-0.15, -0.1) is 11.3 Å². The molecule has 7 heteroatoms. The maximum atomic E-state index is 12.8. The Morgan fingerprint density at radius 1 is 1.35 bits per heavy atom. The molecule has 6 nitrogen and oxygen atoms in total. The Hall–Kier alpha value is -2.41. The highest BCUT2D eigenvalue weighted by molar-refractivity contribution is 7.15. The maximum absolute atomic E-state index is 12.8. The molecule has 3 aromatic heterocycles. The molecule has 1 aliphatic rings. The Balaban J connectivity index is 1.42. The minimum Gasteiger partial charge on any atom is -0.337 e. The van der Waals surface area contributed by atoms with Crippen LogP contribution in [0.4, 0.5) is 0 Å². The minimum absolute atomic E-state index is 0.0121. The van der Waals surface area contributed by atoms with Crippen LogP contribution < -0.4 is 0 Å². The van der Waals surface area contributed by atoms with Crippen molar-refractivity contribution >= 4 is 17.2 Å². The highest BCUT2D eigenvalue weighted by atomic mass is 32.1. The molecule has 0 bridgehead atoms. The average Bonchev–Trinajstić information content (AvgIpc) is 3.41. The molecule has 1 aliphatic heterocycles. The Labute approximate surface area is 156 Å². The lowest BCUT2D eigenvalue weighted by atomic mass is 9.95. The predicted molar refractivity (Wildman–Crippen MR) is 102 cm³/mol. The molecular formula is C19H23N5OS. The summed E-state index contributed by atoms with van der Waals surface area (Å²) in [6.45, 7) is 6.64. The van der Waals surface area contributed by atoms with Crippen LogP contribution in [0.1, 0.15) is 46.9 Å². The summed E-state index contributed by atoms with van der Waals surface area (Å²) in [5, 5.41) is 7.25. The van der Waals surface area contributed by atoms with Crippen LogP contribution in [0.25, 0.3) is 10.6 Å². The van der Waals surface area contributed by atoms with E-state index in [1.165, 1.54) is 4.88 Å². The van der Waals surface area contributed by atoms with Crippen LogP contribution in [0.2, 0.25) is 0 Å². The standard InChI is InChI=1S/C19H23N5OS/c1-3-23-11-8-20-18(23)14-6-9-24(10-7-14)19(25)16-12-15(21-22-16)17-5-4-13(2)26-17/h4-5,8,11-12,14H,3,6-7,9-10H2,1-2H3,(H,21,22). The van der Waals surface area contributed by atoms with Crippen molar-refractivity contribution < 1.29 is 4.79 Å². The molecule has 136 valence electrons. The lowest BCUT2D eigenvalue weighted by Gasteiger charge is -2.31. The van der Waals surface area contributed by atoms with Gasteiger partial charge in [-0.2, -0.15) is 5.10 Å². The van der Waals surface area contributed by atoms with Gasteiger partial charge < -0.3 is 9.47 Å². The van der Waals surface area contributed by atoms with E-state index in [9.17, 15) is 4.79 Å². The van der Waals surface area contributed by atoms with Crippen LogP contribution in [-0.4, -0.2) is 43.6 Å². The summed E-state index contributed by atoms with van der Waals surface area (Å²) in [5.41, 5.74) is 1.41. The second-order valence-corrected chi connectivity index (χ2v) is 8.00. The quantitative estimate of drug-likeness (QED) is 0.763. The SMILES string of the molecule is CCn1ccnc1C1CCN(C(=O)c2cc(-c3ccc(C)s3)[nH]n2)CC1. The zero-order chi connectivity index (χ0) is 18.1. The summed E-state index contributed by atoms with van der Waals surface area (Å²) >= 11 is 1.70. The smallest absolute Gasteiger partial charge is 0.274 e. The summed E-state index contributed by atoms with van der Waals surface area (Å²) in [6.07, 6.45) is 5.80. The van der Waals surface area contributed by atoms with Crippen LogP contribution in [0.3, 0.4) is 0 Å². The Bertz CT molecular complexity index is 901. The first-order valence-electron chi connectivity index (χ1n) is 9.08. The number of aryl methyl sites for hydroxylation is 2. The zero-order valence-electron chi connectivity index (χ0n) is 15.1. The molecule has 0 saturated carbocycles. The number of imidazole rings is 1. The van der Waals surface area contributed by atoms with Gasteiger partial charge in [0.1, 0.15) is 5.82 Å². The third-order valence-electron chi connectivity index (χ3n) is 5.04. The average molecular weight is 369 g/mol. The summed E-state index contributed by atoms with van der Waals surface area (Å²) in [5.74, 6) is 1.59. The number of nitrogens with one attached hydrogen (secondary N) is 1. The first-order valence-corrected chi connectivity index (χ1v) is 9.90. The van der Waals surface area contributed by atoms with E-state index in [0.717, 1.165) is 48.9 Å². The fraction of sp³-hybridized carbons (Fsp3) is 0.421. The van der Waals surface area contributed by atoms with E-state index in [2.05, 4.69) is 45.7 Å². The lowest BCUT2D eigenvalue weighted by molar-refractivity contribution is 0.0704. The predicted octanol–water partition coefficient (Wildman–Crippen LogP) is 3.68. The van der Waals surface area contributed by atoms with Crippen molar-refractivity contribution in [3.05, 3.63) is 47.0 Å². The van der Waals surface area contributed by atoms with Gasteiger partial charge in [-0.3, -0.25) is 9.89 Å². The molecule has 1 saturated heterocycles. The van der Waals surface area contributed by atoms with Crippen molar-refractivity contribution in [2.75, 3.05) is 13.1 Å². The van der Waals surface area contributed by atoms with Crippen LogP contribution in [0.15, 0.2) is 30.6 Å². The number of likely N-dealkylation sites (tertiary alicyclic amines) is 1. The Morgan fingerprint density at radius 2 is 2.15 bits per heavy atom. The number of carbonyl (C=O) groups excluding carboxylic acids is 1. The zero-order valence-corrected chi connectivity index (χ0v) is 15.9. The number of nitrogens with zero attached hydrogens (tertiary/aromatic N) is 4. The van der Waals surface area contributed by atoms with Crippen LogP contribution >= 0.6 is 11.3 Å². The number of amides is 1. The number of rotatable bonds is 4. The monoisotopic (exact) mass is 369 g/mol. The lowest BCUT2D eigenvalue weighted by Crippen LogP contribution is -2.38. The van der Waals surface area contributed by atoms with Gasteiger partial charge >= 0.3 is 0 Å². The topological polar surface area (TPSA) is 66.8 Å². The molecule has 4 heterocycles. The normalized spacial score (nSPS) is 15.5. The number of H-pyrrole nitrogens is 1. The molecule has 1 amide bonds. The van der Waals surface area contributed by atoms with E-state index in [-0.39, 0.29) is 5.91 Å². The van der Waals surface area contributed by atoms with Gasteiger partial charge in [-0.1, -0.05) is 0 Å². The molecule has 26 heavy (non-hydrogen) atoms. The molecule has 0 aromatic carbocycles. The molecule has 4 rings (SSSR count). The number of piperidine rings is 1. The Kier molecular flexibility index (Phi) is 4.63.